The molecule has 2 unspecified atom stereocenters. The van der Waals surface area contributed by atoms with Crippen LogP contribution in [0.3, 0.4) is 0 Å². The van der Waals surface area contributed by atoms with Gasteiger partial charge in [-0.3, -0.25) is 0 Å². The molecule has 0 amide bonds. The molecule has 2 aliphatic rings. The summed E-state index contributed by atoms with van der Waals surface area (Å²) in [5.74, 6) is 0. The fraction of sp³-hybridized carbons (Fsp3) is 0.733. The number of hydrogen-bond donors (Lipinski definition) is 0. The number of thioether (sulfide) groups is 1. The summed E-state index contributed by atoms with van der Waals surface area (Å²) in [6.07, 6.45) is 22.3. The van der Waals surface area contributed by atoms with Crippen molar-refractivity contribution in [1.82, 2.24) is 0 Å². The first-order valence-corrected chi connectivity index (χ1v) is 13.9. The Bertz CT molecular complexity index is 657. The maximum absolute atomic E-state index is 5.68. The lowest BCUT2D eigenvalue weighted by atomic mass is 10.0. The number of unbranched alkanes of at least 4 members (excludes halogenated alkanes) is 1. The lowest BCUT2D eigenvalue weighted by Crippen LogP contribution is -2.02. The van der Waals surface area contributed by atoms with E-state index in [9.17, 15) is 0 Å². The maximum Gasteiger partial charge on any atom is 0.0892 e. The summed E-state index contributed by atoms with van der Waals surface area (Å²) in [4.78, 5) is 0. The average Bonchev–Trinajstić information content (AvgIpc) is 3.54. The van der Waals surface area contributed by atoms with Crippen LogP contribution in [-0.4, -0.2) is 21.7 Å². The van der Waals surface area contributed by atoms with Gasteiger partial charge in [-0.2, -0.15) is 0 Å². The summed E-state index contributed by atoms with van der Waals surface area (Å²) in [7, 11) is 0. The SMILES string of the molecule is C/C(=C\CC/C=C(\C)CC/C=C(\C)CCC1SC1(C)C)CC/C=C(\C)CCC1OC1(C)C. The Labute approximate surface area is 204 Å². The third kappa shape index (κ3) is 10.9. The largest absolute Gasteiger partial charge is 0.367 e. The molecule has 2 heterocycles. The van der Waals surface area contributed by atoms with Gasteiger partial charge in [-0.05, 0) is 120 Å². The van der Waals surface area contributed by atoms with Crippen molar-refractivity contribution in [2.24, 2.45) is 0 Å². The second-order valence-electron chi connectivity index (χ2n) is 11.4. The highest BCUT2D eigenvalue weighted by Gasteiger charge is 2.47. The van der Waals surface area contributed by atoms with Crippen LogP contribution in [-0.2, 0) is 4.74 Å². The van der Waals surface area contributed by atoms with Crippen LogP contribution in [0.25, 0.3) is 0 Å². The maximum atomic E-state index is 5.68. The van der Waals surface area contributed by atoms with Gasteiger partial charge in [0.25, 0.3) is 0 Å². The van der Waals surface area contributed by atoms with Crippen molar-refractivity contribution in [3.05, 3.63) is 46.6 Å². The average molecular weight is 459 g/mol. The Morgan fingerprint density at radius 1 is 0.656 bits per heavy atom. The van der Waals surface area contributed by atoms with Crippen molar-refractivity contribution in [1.29, 1.82) is 0 Å². The first-order valence-electron chi connectivity index (χ1n) is 13.0. The van der Waals surface area contributed by atoms with Crippen LogP contribution in [0.4, 0.5) is 0 Å². The molecule has 0 bridgehead atoms. The molecule has 0 radical (unpaired) electrons. The van der Waals surface area contributed by atoms with Crippen LogP contribution in [0, 0.1) is 0 Å². The van der Waals surface area contributed by atoms with Crippen LogP contribution < -0.4 is 0 Å². The summed E-state index contributed by atoms with van der Waals surface area (Å²) in [5.41, 5.74) is 6.30. The smallest absolute Gasteiger partial charge is 0.0892 e. The second kappa shape index (κ2) is 12.7. The standard InChI is InChI=1S/C30H50OS/c1-23(15-11-17-25(3)19-21-27-29(5,6)31-27)13-9-10-14-24(2)16-12-18-26(4)20-22-28-30(7,8)32-28/h13-14,17-18,27-28H,9-12,15-16,19-22H2,1-8H3/b23-13+,24-14+,25-17+,26-18+. The van der Waals surface area contributed by atoms with Gasteiger partial charge < -0.3 is 4.74 Å². The van der Waals surface area contributed by atoms with E-state index in [1.807, 2.05) is 0 Å². The third-order valence-electron chi connectivity index (χ3n) is 7.15. The Hall–Kier alpha value is -0.730. The summed E-state index contributed by atoms with van der Waals surface area (Å²) in [6.45, 7) is 18.3. The van der Waals surface area contributed by atoms with Crippen molar-refractivity contribution in [2.45, 2.75) is 141 Å². The molecular weight excluding hydrogens is 408 g/mol. The number of rotatable bonds is 15. The van der Waals surface area contributed by atoms with E-state index in [2.05, 4.69) is 91.5 Å². The van der Waals surface area contributed by atoms with Crippen molar-refractivity contribution >= 4 is 11.8 Å². The Kier molecular flexibility index (Phi) is 10.9. The van der Waals surface area contributed by atoms with Gasteiger partial charge in [-0.15, -0.1) is 11.8 Å². The topological polar surface area (TPSA) is 12.5 Å². The van der Waals surface area contributed by atoms with E-state index in [4.69, 9.17) is 4.74 Å². The van der Waals surface area contributed by atoms with Gasteiger partial charge >= 0.3 is 0 Å². The van der Waals surface area contributed by atoms with Gasteiger partial charge in [-0.1, -0.05) is 46.6 Å². The van der Waals surface area contributed by atoms with Crippen molar-refractivity contribution in [3.8, 4) is 0 Å². The molecule has 1 nitrogen and oxygen atoms in total. The molecule has 0 aromatic heterocycles. The minimum absolute atomic E-state index is 0.133. The van der Waals surface area contributed by atoms with Gasteiger partial charge in [0.2, 0.25) is 0 Å². The lowest BCUT2D eigenvalue weighted by Gasteiger charge is -2.04. The highest BCUT2D eigenvalue weighted by molar-refractivity contribution is 8.08. The molecule has 0 aliphatic carbocycles. The lowest BCUT2D eigenvalue weighted by molar-refractivity contribution is 0.320. The molecule has 2 rings (SSSR count). The Morgan fingerprint density at radius 2 is 1.03 bits per heavy atom. The molecule has 0 spiro atoms. The summed E-state index contributed by atoms with van der Waals surface area (Å²) < 4.78 is 6.23. The van der Waals surface area contributed by atoms with Crippen LogP contribution in [0.5, 0.6) is 0 Å². The third-order valence-corrected chi connectivity index (χ3v) is 8.89. The predicted octanol–water partition coefficient (Wildman–Crippen LogP) is 9.74. The molecule has 32 heavy (non-hydrogen) atoms. The van der Waals surface area contributed by atoms with Gasteiger partial charge in [0, 0.05) is 10.00 Å². The van der Waals surface area contributed by atoms with E-state index in [0.29, 0.717) is 10.9 Å². The summed E-state index contributed by atoms with van der Waals surface area (Å²) >= 11 is 2.14. The highest BCUT2D eigenvalue weighted by atomic mass is 32.2. The first-order chi connectivity index (χ1) is 15.0. The molecule has 2 heteroatoms. The van der Waals surface area contributed by atoms with Crippen LogP contribution in [0.1, 0.15) is 120 Å². The molecule has 2 fully saturated rings. The molecular formula is C30H50OS. The van der Waals surface area contributed by atoms with Crippen LogP contribution in [0.15, 0.2) is 46.6 Å². The summed E-state index contributed by atoms with van der Waals surface area (Å²) in [6, 6.07) is 0. The molecule has 2 aliphatic heterocycles. The monoisotopic (exact) mass is 458 g/mol. The molecule has 0 aromatic carbocycles. The zero-order valence-electron chi connectivity index (χ0n) is 22.4. The second-order valence-corrected chi connectivity index (χ2v) is 13.2. The number of ether oxygens (including phenoxy) is 1. The van der Waals surface area contributed by atoms with Gasteiger partial charge in [0.05, 0.1) is 11.7 Å². The zero-order chi connectivity index (χ0) is 23.8. The first kappa shape index (κ1) is 27.5. The molecule has 0 aromatic rings. The molecule has 2 saturated heterocycles. The highest BCUT2D eigenvalue weighted by Crippen LogP contribution is 2.55. The molecule has 2 atom stereocenters. The fourth-order valence-corrected chi connectivity index (χ4v) is 5.37. The van der Waals surface area contributed by atoms with Gasteiger partial charge in [0.1, 0.15) is 0 Å². The van der Waals surface area contributed by atoms with Crippen molar-refractivity contribution in [2.75, 3.05) is 0 Å². The summed E-state index contributed by atoms with van der Waals surface area (Å²) in [5, 5.41) is 0.888. The van der Waals surface area contributed by atoms with Crippen molar-refractivity contribution < 1.29 is 4.74 Å². The quantitative estimate of drug-likeness (QED) is 0.137. The molecule has 0 saturated carbocycles. The minimum atomic E-state index is 0.133. The van der Waals surface area contributed by atoms with E-state index in [0.717, 1.165) is 5.25 Å². The Balaban J connectivity index is 1.52. The van der Waals surface area contributed by atoms with E-state index in [1.54, 1.807) is 11.1 Å². The number of hydrogen-bond acceptors (Lipinski definition) is 2. The van der Waals surface area contributed by atoms with Crippen LogP contribution in [0.2, 0.25) is 0 Å². The van der Waals surface area contributed by atoms with Gasteiger partial charge in [-0.25, -0.2) is 0 Å². The number of epoxide rings is 1. The van der Waals surface area contributed by atoms with Gasteiger partial charge in [0.15, 0.2) is 0 Å². The van der Waals surface area contributed by atoms with Crippen LogP contribution >= 0.6 is 11.8 Å². The molecule has 0 N–H and O–H groups in total. The van der Waals surface area contributed by atoms with E-state index in [-0.39, 0.29) is 5.60 Å². The van der Waals surface area contributed by atoms with E-state index < -0.39 is 0 Å². The Morgan fingerprint density at radius 3 is 1.44 bits per heavy atom. The predicted molar refractivity (Wildman–Crippen MR) is 146 cm³/mol. The zero-order valence-corrected chi connectivity index (χ0v) is 23.2. The minimum Gasteiger partial charge on any atom is -0.367 e. The number of allylic oxidation sites excluding steroid dienone is 8. The molecule has 182 valence electrons. The normalized spacial score (nSPS) is 25.2. The van der Waals surface area contributed by atoms with Crippen molar-refractivity contribution in [3.63, 3.8) is 0 Å². The fourth-order valence-electron chi connectivity index (χ4n) is 4.36. The van der Waals surface area contributed by atoms with E-state index >= 15 is 0 Å². The van der Waals surface area contributed by atoms with E-state index in [1.165, 1.54) is 75.4 Å².